The van der Waals surface area contributed by atoms with E-state index >= 15 is 0 Å². The van der Waals surface area contributed by atoms with Crippen LogP contribution >= 0.6 is 0 Å². The van der Waals surface area contributed by atoms with Gasteiger partial charge >= 0.3 is 0 Å². The first-order chi connectivity index (χ1) is 16.0. The fourth-order valence-electron chi connectivity index (χ4n) is 5.33. The minimum Gasteiger partial charge on any atom is -0.483 e. The van der Waals surface area contributed by atoms with Crippen molar-refractivity contribution in [1.82, 2.24) is 20.0 Å². The van der Waals surface area contributed by atoms with Crippen LogP contribution in [0.15, 0.2) is 59.4 Å². The number of hydrogen-bond donors (Lipinski definition) is 2. The number of aromatic nitrogens is 3. The molecule has 3 aromatic rings. The van der Waals surface area contributed by atoms with E-state index in [0.717, 1.165) is 24.5 Å². The number of carbonyl (C=O) groups is 1. The van der Waals surface area contributed by atoms with Crippen LogP contribution in [0.25, 0.3) is 0 Å². The second kappa shape index (κ2) is 9.68. The lowest BCUT2D eigenvalue weighted by Gasteiger charge is -2.19. The molecule has 2 N–H and O–H groups in total. The lowest BCUT2D eigenvalue weighted by atomic mass is 9.95. The van der Waals surface area contributed by atoms with Gasteiger partial charge < -0.3 is 19.6 Å². The standard InChI is InChI=1S/C23H27N5O2.CH2O2/c1-16-11-18(30-26-16)12-27(2)13-19-21(17-7-4-3-5-8-17)23(19)15-28(14-20(23)29)22-24-9-6-10-25-22;2-1-3/h3-11,19-21,29H,12-15H2,1-2H3;1H,(H,2,3)/t19-,20-,21-,23-;/m1./s1. The fourth-order valence-corrected chi connectivity index (χ4v) is 5.33. The van der Waals surface area contributed by atoms with Gasteiger partial charge in [0.15, 0.2) is 5.76 Å². The van der Waals surface area contributed by atoms with Gasteiger partial charge in [-0.1, -0.05) is 35.5 Å². The van der Waals surface area contributed by atoms with E-state index in [1.807, 2.05) is 25.1 Å². The topological polar surface area (TPSA) is 116 Å². The largest absolute Gasteiger partial charge is 0.483 e. The minimum atomic E-state index is -0.419. The summed E-state index contributed by atoms with van der Waals surface area (Å²) in [5.74, 6) is 2.21. The maximum atomic E-state index is 11.2. The van der Waals surface area contributed by atoms with E-state index in [4.69, 9.17) is 14.4 Å². The van der Waals surface area contributed by atoms with Crippen LogP contribution in [0.1, 0.15) is 22.9 Å². The molecule has 0 amide bonds. The average molecular weight is 452 g/mol. The summed E-state index contributed by atoms with van der Waals surface area (Å²) in [5, 5.41) is 22.1. The maximum absolute atomic E-state index is 11.2. The van der Waals surface area contributed by atoms with Gasteiger partial charge in [-0.15, -0.1) is 0 Å². The number of benzene rings is 1. The Morgan fingerprint density at radius 2 is 1.94 bits per heavy atom. The van der Waals surface area contributed by atoms with E-state index in [9.17, 15) is 5.11 Å². The molecular weight excluding hydrogens is 422 g/mol. The third-order valence-electron chi connectivity index (χ3n) is 6.65. The number of carboxylic acid groups (broad SMARTS) is 1. The normalized spacial score (nSPS) is 25.7. The summed E-state index contributed by atoms with van der Waals surface area (Å²) in [7, 11) is 2.10. The molecule has 2 aliphatic rings. The number of aliphatic hydroxyl groups excluding tert-OH is 1. The van der Waals surface area contributed by atoms with E-state index in [1.54, 1.807) is 12.4 Å². The van der Waals surface area contributed by atoms with Crippen LogP contribution in [0.3, 0.4) is 0 Å². The Hall–Kier alpha value is -3.30. The summed E-state index contributed by atoms with van der Waals surface area (Å²) in [6.07, 6.45) is 3.09. The highest BCUT2D eigenvalue weighted by atomic mass is 16.5. The Labute approximate surface area is 192 Å². The predicted molar refractivity (Wildman–Crippen MR) is 122 cm³/mol. The summed E-state index contributed by atoms with van der Waals surface area (Å²) in [6, 6.07) is 14.4. The number of anilines is 1. The molecule has 1 saturated heterocycles. The molecule has 1 aliphatic carbocycles. The summed E-state index contributed by atoms with van der Waals surface area (Å²) >= 11 is 0. The van der Waals surface area contributed by atoms with Crippen LogP contribution in [-0.2, 0) is 11.3 Å². The second-order valence-electron chi connectivity index (χ2n) is 8.79. The molecular formula is C24H29N5O4. The van der Waals surface area contributed by atoms with Crippen LogP contribution in [0.2, 0.25) is 0 Å². The van der Waals surface area contributed by atoms with Crippen molar-refractivity contribution >= 4 is 12.4 Å². The Morgan fingerprint density at radius 1 is 1.24 bits per heavy atom. The van der Waals surface area contributed by atoms with Gasteiger partial charge in [0.05, 0.1) is 18.3 Å². The first kappa shape index (κ1) is 22.9. The SMILES string of the molecule is Cc1cc(CN(C)C[C@@H]2[C@@H](c3ccccc3)[C@]23CN(c2ncccn2)C[C@H]3O)on1.O=CO. The molecule has 1 spiro atoms. The average Bonchev–Trinajstić information content (AvgIpc) is 3.03. The van der Waals surface area contributed by atoms with Crippen molar-refractivity contribution in [2.45, 2.75) is 25.5 Å². The van der Waals surface area contributed by atoms with Gasteiger partial charge in [0.1, 0.15) is 0 Å². The number of β-amino-alcohol motifs (C(OH)–C–C–N with tert-alkyl or cyclic N) is 1. The quantitative estimate of drug-likeness (QED) is 0.544. The molecule has 1 aromatic carbocycles. The molecule has 174 valence electrons. The second-order valence-corrected chi connectivity index (χ2v) is 8.79. The van der Waals surface area contributed by atoms with Crippen molar-refractivity contribution in [1.29, 1.82) is 0 Å². The van der Waals surface area contributed by atoms with Crippen LogP contribution in [-0.4, -0.2) is 69.5 Å². The van der Waals surface area contributed by atoms with Crippen molar-refractivity contribution in [2.24, 2.45) is 11.3 Å². The molecule has 4 atom stereocenters. The van der Waals surface area contributed by atoms with Crippen molar-refractivity contribution in [3.63, 3.8) is 0 Å². The number of aliphatic hydroxyl groups is 1. The Morgan fingerprint density at radius 3 is 2.58 bits per heavy atom. The molecule has 9 nitrogen and oxygen atoms in total. The molecule has 9 heteroatoms. The van der Waals surface area contributed by atoms with E-state index in [2.05, 4.69) is 56.2 Å². The fraction of sp³-hybridized carbons (Fsp3) is 0.417. The lowest BCUT2D eigenvalue weighted by molar-refractivity contribution is -0.122. The van der Waals surface area contributed by atoms with Crippen molar-refractivity contribution in [3.8, 4) is 0 Å². The van der Waals surface area contributed by atoms with Crippen molar-refractivity contribution in [3.05, 3.63) is 71.9 Å². The zero-order valence-corrected chi connectivity index (χ0v) is 18.8. The summed E-state index contributed by atoms with van der Waals surface area (Å²) in [5.41, 5.74) is 2.00. The zero-order valence-electron chi connectivity index (χ0n) is 18.8. The highest BCUT2D eigenvalue weighted by Crippen LogP contribution is 2.69. The molecule has 3 heterocycles. The Bertz CT molecular complexity index is 1050. The third-order valence-corrected chi connectivity index (χ3v) is 6.65. The number of hydrogen-bond acceptors (Lipinski definition) is 8. The highest BCUT2D eigenvalue weighted by Gasteiger charge is 2.71. The van der Waals surface area contributed by atoms with Crippen molar-refractivity contribution in [2.75, 3.05) is 31.6 Å². The third kappa shape index (κ3) is 4.60. The predicted octanol–water partition coefficient (Wildman–Crippen LogP) is 2.19. The van der Waals surface area contributed by atoms with Gasteiger partial charge in [0.2, 0.25) is 5.95 Å². The molecule has 33 heavy (non-hydrogen) atoms. The van der Waals surface area contributed by atoms with Gasteiger partial charge in [-0.3, -0.25) is 9.69 Å². The molecule has 1 aliphatic heterocycles. The van der Waals surface area contributed by atoms with Gasteiger partial charge in [0, 0.05) is 43.5 Å². The number of nitrogens with zero attached hydrogens (tertiary/aromatic N) is 5. The first-order valence-electron chi connectivity index (χ1n) is 10.9. The molecule has 2 fully saturated rings. The van der Waals surface area contributed by atoms with Crippen molar-refractivity contribution < 1.29 is 19.5 Å². The van der Waals surface area contributed by atoms with E-state index < -0.39 is 6.10 Å². The van der Waals surface area contributed by atoms with Crippen LogP contribution in [0, 0.1) is 18.3 Å². The van der Waals surface area contributed by atoms with Crippen LogP contribution < -0.4 is 4.90 Å². The van der Waals surface area contributed by atoms with Gasteiger partial charge in [-0.25, -0.2) is 9.97 Å². The van der Waals surface area contributed by atoms with Crippen LogP contribution in [0.5, 0.6) is 0 Å². The highest BCUT2D eigenvalue weighted by molar-refractivity contribution is 5.44. The van der Waals surface area contributed by atoms with Gasteiger partial charge in [0.25, 0.3) is 6.47 Å². The minimum absolute atomic E-state index is 0.188. The number of aryl methyl sites for hydroxylation is 1. The maximum Gasteiger partial charge on any atom is 0.290 e. The molecule has 0 bridgehead atoms. The summed E-state index contributed by atoms with van der Waals surface area (Å²) in [6.45, 7) is 4.59. The first-order valence-corrected chi connectivity index (χ1v) is 10.9. The molecule has 2 aromatic heterocycles. The summed E-state index contributed by atoms with van der Waals surface area (Å²) in [4.78, 5) is 21.6. The lowest BCUT2D eigenvalue weighted by Crippen LogP contribution is -2.27. The molecule has 0 unspecified atom stereocenters. The Balaban J connectivity index is 0.000000821. The van der Waals surface area contributed by atoms with Gasteiger partial charge in [-0.2, -0.15) is 0 Å². The summed E-state index contributed by atoms with van der Waals surface area (Å²) < 4.78 is 5.40. The van der Waals surface area contributed by atoms with E-state index in [1.165, 1.54) is 5.56 Å². The van der Waals surface area contributed by atoms with Crippen LogP contribution in [0.4, 0.5) is 5.95 Å². The van der Waals surface area contributed by atoms with E-state index in [0.29, 0.717) is 30.9 Å². The molecule has 5 rings (SSSR count). The smallest absolute Gasteiger partial charge is 0.290 e. The Kier molecular flexibility index (Phi) is 6.71. The van der Waals surface area contributed by atoms with E-state index in [-0.39, 0.29) is 11.9 Å². The number of rotatable bonds is 6. The molecule has 1 saturated carbocycles. The van der Waals surface area contributed by atoms with Gasteiger partial charge in [-0.05, 0) is 37.4 Å². The monoisotopic (exact) mass is 451 g/mol. The zero-order chi connectivity index (χ0) is 23.4. The molecule has 0 radical (unpaired) electrons.